The number of carbonyl (C=O) groups excluding carboxylic acids is 1. The summed E-state index contributed by atoms with van der Waals surface area (Å²) in [5.41, 5.74) is 1.37. The Morgan fingerprint density at radius 1 is 1.19 bits per heavy atom. The minimum absolute atomic E-state index is 0.147. The highest BCUT2D eigenvalue weighted by Gasteiger charge is 2.16. The molecule has 0 N–H and O–H groups in total. The fraction of sp³-hybridized carbons (Fsp3) is 0.222. The Labute approximate surface area is 153 Å². The molecule has 0 aliphatic heterocycles. The molecule has 26 heavy (non-hydrogen) atoms. The first-order valence-electron chi connectivity index (χ1n) is 7.90. The smallest absolute Gasteiger partial charge is 0.326 e. The topological polar surface area (TPSA) is 74.1 Å². The van der Waals surface area contributed by atoms with Crippen molar-refractivity contribution in [3.05, 3.63) is 52.6 Å². The van der Waals surface area contributed by atoms with Gasteiger partial charge in [0.15, 0.2) is 10.7 Å². The highest BCUT2D eigenvalue weighted by molar-refractivity contribution is 7.98. The van der Waals surface area contributed by atoms with Crippen LogP contribution in [-0.2, 0) is 16.1 Å². The second-order valence-electron chi connectivity index (χ2n) is 5.37. The van der Waals surface area contributed by atoms with Gasteiger partial charge >= 0.3 is 5.97 Å². The van der Waals surface area contributed by atoms with Gasteiger partial charge in [0.05, 0.1) is 17.8 Å². The second kappa shape index (κ2) is 7.65. The van der Waals surface area contributed by atoms with Crippen molar-refractivity contribution in [2.75, 3.05) is 12.9 Å². The molecule has 0 saturated heterocycles. The third-order valence-corrected chi connectivity index (χ3v) is 4.36. The van der Waals surface area contributed by atoms with Crippen LogP contribution in [0.2, 0.25) is 0 Å². The number of halogens is 1. The molecule has 0 saturated carbocycles. The maximum absolute atomic E-state index is 13.1. The number of pyridine rings is 1. The summed E-state index contributed by atoms with van der Waals surface area (Å²) in [6.07, 6.45) is 1.77. The fourth-order valence-electron chi connectivity index (χ4n) is 2.49. The number of benzene rings is 1. The molecule has 3 aromatic rings. The minimum Gasteiger partial charge on any atom is -0.465 e. The third-order valence-electron chi connectivity index (χ3n) is 3.68. The largest absolute Gasteiger partial charge is 0.465 e. The van der Waals surface area contributed by atoms with Crippen LogP contribution in [0.1, 0.15) is 6.92 Å². The van der Waals surface area contributed by atoms with Crippen molar-refractivity contribution in [2.24, 2.45) is 0 Å². The van der Waals surface area contributed by atoms with E-state index >= 15 is 0 Å². The quantitative estimate of drug-likeness (QED) is 0.389. The first-order valence-corrected chi connectivity index (χ1v) is 9.13. The molecule has 0 aliphatic carbocycles. The van der Waals surface area contributed by atoms with Crippen LogP contribution in [-0.4, -0.2) is 33.4 Å². The number of fused-ring (bicyclic) bond motifs is 1. The molecule has 0 fully saturated rings. The SMILES string of the molecule is CCOC(=O)Cn1c(SC)nc2ccc(-c3ccc(F)cc3)nc2c1=O. The average molecular weight is 373 g/mol. The Balaban J connectivity index is 2.13. The summed E-state index contributed by atoms with van der Waals surface area (Å²) >= 11 is 1.26. The number of aromatic nitrogens is 3. The molecule has 6 nitrogen and oxygen atoms in total. The molecule has 1 aromatic carbocycles. The maximum Gasteiger partial charge on any atom is 0.326 e. The Bertz CT molecular complexity index is 1020. The predicted molar refractivity (Wildman–Crippen MR) is 97.6 cm³/mol. The van der Waals surface area contributed by atoms with Crippen LogP contribution >= 0.6 is 11.8 Å². The van der Waals surface area contributed by atoms with Gasteiger partial charge in [-0.3, -0.25) is 14.2 Å². The third kappa shape index (κ3) is 3.60. The van der Waals surface area contributed by atoms with Crippen molar-refractivity contribution in [2.45, 2.75) is 18.6 Å². The molecular weight excluding hydrogens is 357 g/mol. The molecular formula is C18H16FN3O3S. The number of carbonyl (C=O) groups is 1. The summed E-state index contributed by atoms with van der Waals surface area (Å²) in [6, 6.07) is 9.25. The summed E-state index contributed by atoms with van der Waals surface area (Å²) in [5, 5.41) is 0.409. The summed E-state index contributed by atoms with van der Waals surface area (Å²) in [4.78, 5) is 33.5. The van der Waals surface area contributed by atoms with Crippen molar-refractivity contribution in [3.63, 3.8) is 0 Å². The number of nitrogens with zero attached hydrogens (tertiary/aromatic N) is 3. The maximum atomic E-state index is 13.1. The Hall–Kier alpha value is -2.74. The monoisotopic (exact) mass is 373 g/mol. The van der Waals surface area contributed by atoms with Gasteiger partial charge < -0.3 is 4.74 Å². The molecule has 0 atom stereocenters. The number of hydrogen-bond donors (Lipinski definition) is 0. The molecule has 8 heteroatoms. The molecule has 134 valence electrons. The van der Waals surface area contributed by atoms with Gasteiger partial charge in [0.25, 0.3) is 5.56 Å². The molecule has 2 aromatic heterocycles. The van der Waals surface area contributed by atoms with E-state index < -0.39 is 11.5 Å². The van der Waals surface area contributed by atoms with E-state index in [0.717, 1.165) is 0 Å². The highest BCUT2D eigenvalue weighted by Crippen LogP contribution is 2.21. The molecule has 0 bridgehead atoms. The first kappa shape index (κ1) is 18.1. The van der Waals surface area contributed by atoms with E-state index in [1.807, 2.05) is 0 Å². The van der Waals surface area contributed by atoms with Gasteiger partial charge in [-0.05, 0) is 49.6 Å². The van der Waals surface area contributed by atoms with Gasteiger partial charge in [-0.1, -0.05) is 11.8 Å². The van der Waals surface area contributed by atoms with E-state index in [-0.39, 0.29) is 24.5 Å². The second-order valence-corrected chi connectivity index (χ2v) is 6.14. The number of esters is 1. The van der Waals surface area contributed by atoms with Crippen molar-refractivity contribution < 1.29 is 13.9 Å². The van der Waals surface area contributed by atoms with Crippen LogP contribution in [0.4, 0.5) is 4.39 Å². The summed E-state index contributed by atoms with van der Waals surface area (Å²) < 4.78 is 19.3. The lowest BCUT2D eigenvalue weighted by atomic mass is 10.1. The zero-order valence-electron chi connectivity index (χ0n) is 14.2. The van der Waals surface area contributed by atoms with Crippen LogP contribution in [0, 0.1) is 5.82 Å². The predicted octanol–water partition coefficient (Wildman–Crippen LogP) is 2.88. The van der Waals surface area contributed by atoms with Gasteiger partial charge in [-0.15, -0.1) is 0 Å². The lowest BCUT2D eigenvalue weighted by Gasteiger charge is -2.11. The summed E-state index contributed by atoms with van der Waals surface area (Å²) in [7, 11) is 0. The first-order chi connectivity index (χ1) is 12.5. The van der Waals surface area contributed by atoms with Crippen LogP contribution in [0.3, 0.4) is 0 Å². The number of rotatable bonds is 5. The van der Waals surface area contributed by atoms with Gasteiger partial charge in [0.1, 0.15) is 12.4 Å². The van der Waals surface area contributed by atoms with Crippen molar-refractivity contribution >= 4 is 28.8 Å². The molecule has 0 aliphatic rings. The standard InChI is InChI=1S/C18H16FN3O3S/c1-3-25-15(23)10-22-17(24)16-14(21-18(22)26-2)9-8-13(20-16)11-4-6-12(19)7-5-11/h4-9H,3,10H2,1-2H3. The van der Waals surface area contributed by atoms with Crippen LogP contribution in [0.5, 0.6) is 0 Å². The molecule has 2 heterocycles. The number of hydrogen-bond acceptors (Lipinski definition) is 6. The van der Waals surface area contributed by atoms with Gasteiger partial charge in [-0.25, -0.2) is 14.4 Å². The van der Waals surface area contributed by atoms with Crippen LogP contribution in [0.25, 0.3) is 22.3 Å². The van der Waals surface area contributed by atoms with Gasteiger partial charge in [0.2, 0.25) is 0 Å². The summed E-state index contributed by atoms with van der Waals surface area (Å²) in [6.45, 7) is 1.70. The van der Waals surface area contributed by atoms with Crippen LogP contribution in [0.15, 0.2) is 46.3 Å². The average Bonchev–Trinajstić information content (AvgIpc) is 2.64. The van der Waals surface area contributed by atoms with E-state index in [2.05, 4.69) is 9.97 Å². The molecule has 0 radical (unpaired) electrons. The zero-order valence-corrected chi connectivity index (χ0v) is 15.0. The Kier molecular flexibility index (Phi) is 5.32. The van der Waals surface area contributed by atoms with Crippen molar-refractivity contribution in [1.29, 1.82) is 0 Å². The molecule has 3 rings (SSSR count). The molecule has 0 unspecified atom stereocenters. The number of ether oxygens (including phenoxy) is 1. The van der Waals surface area contributed by atoms with E-state index in [1.54, 1.807) is 37.4 Å². The van der Waals surface area contributed by atoms with E-state index in [0.29, 0.717) is 21.9 Å². The van der Waals surface area contributed by atoms with Gasteiger partial charge in [0, 0.05) is 5.56 Å². The fourth-order valence-corrected chi connectivity index (χ4v) is 3.05. The Morgan fingerprint density at radius 2 is 1.92 bits per heavy atom. The van der Waals surface area contributed by atoms with E-state index in [9.17, 15) is 14.0 Å². The molecule has 0 amide bonds. The zero-order chi connectivity index (χ0) is 18.7. The van der Waals surface area contributed by atoms with Crippen molar-refractivity contribution in [3.8, 4) is 11.3 Å². The van der Waals surface area contributed by atoms with Gasteiger partial charge in [-0.2, -0.15) is 0 Å². The van der Waals surface area contributed by atoms with Crippen molar-refractivity contribution in [1.82, 2.24) is 14.5 Å². The lowest BCUT2D eigenvalue weighted by molar-refractivity contribution is -0.144. The minimum atomic E-state index is -0.513. The van der Waals surface area contributed by atoms with E-state index in [1.165, 1.54) is 28.5 Å². The Morgan fingerprint density at radius 3 is 2.58 bits per heavy atom. The molecule has 0 spiro atoms. The normalized spacial score (nSPS) is 10.9. The van der Waals surface area contributed by atoms with Crippen LogP contribution < -0.4 is 5.56 Å². The highest BCUT2D eigenvalue weighted by atomic mass is 32.2. The number of thioether (sulfide) groups is 1. The van der Waals surface area contributed by atoms with E-state index in [4.69, 9.17) is 4.74 Å². The summed E-state index contributed by atoms with van der Waals surface area (Å²) in [5.74, 6) is -0.863. The lowest BCUT2D eigenvalue weighted by Crippen LogP contribution is -2.28.